The highest BCUT2D eigenvalue weighted by Crippen LogP contribution is 2.34. The van der Waals surface area contributed by atoms with Gasteiger partial charge in [0.1, 0.15) is 29.1 Å². The first-order valence-corrected chi connectivity index (χ1v) is 6.59. The Morgan fingerprint density at radius 1 is 1.27 bits per heavy atom. The maximum atomic E-state index is 11.9. The van der Waals surface area contributed by atoms with Crippen LogP contribution >= 0.6 is 15.9 Å². The molecule has 2 rings (SSSR count). The van der Waals surface area contributed by atoms with Crippen LogP contribution in [0.2, 0.25) is 0 Å². The maximum Gasteiger partial charge on any atom is 0.335 e. The van der Waals surface area contributed by atoms with E-state index in [1.807, 2.05) is 6.07 Å². The van der Waals surface area contributed by atoms with Crippen LogP contribution < -0.4 is 11.3 Å². The van der Waals surface area contributed by atoms with E-state index in [9.17, 15) is 20.1 Å². The average molecular weight is 359 g/mol. The van der Waals surface area contributed by atoms with E-state index in [4.69, 9.17) is 10.8 Å². The molecule has 4 N–H and O–H groups in total. The number of aromatic nitrogens is 1. The van der Waals surface area contributed by atoms with Crippen molar-refractivity contribution >= 4 is 27.7 Å². The Morgan fingerprint density at radius 3 is 2.45 bits per heavy atom. The number of H-pyrrole nitrogens is 1. The number of halogens is 1. The number of hydrogen-bond acceptors (Lipinski definition) is 5. The van der Waals surface area contributed by atoms with Gasteiger partial charge in [-0.3, -0.25) is 4.79 Å². The number of rotatable bonds is 2. The Morgan fingerprint density at radius 2 is 1.91 bits per heavy atom. The molecule has 108 valence electrons. The zero-order chi connectivity index (χ0) is 16.4. The van der Waals surface area contributed by atoms with Gasteiger partial charge in [-0.05, 0) is 23.8 Å². The minimum atomic E-state index is -1.18. The van der Waals surface area contributed by atoms with Gasteiger partial charge in [-0.1, -0.05) is 15.9 Å². The highest BCUT2D eigenvalue weighted by molar-refractivity contribution is 9.10. The first-order valence-electron chi connectivity index (χ1n) is 5.79. The number of nitrogens with two attached hydrogens (primary N) is 1. The van der Waals surface area contributed by atoms with Crippen molar-refractivity contribution < 1.29 is 9.90 Å². The van der Waals surface area contributed by atoms with Gasteiger partial charge in [0, 0.05) is 10.0 Å². The van der Waals surface area contributed by atoms with Gasteiger partial charge in [0.25, 0.3) is 5.56 Å². The molecule has 0 aliphatic heterocycles. The number of aromatic carboxylic acids is 1. The fraction of sp³-hybridized carbons (Fsp3) is 0. The van der Waals surface area contributed by atoms with E-state index in [1.54, 1.807) is 6.07 Å². The third kappa shape index (κ3) is 2.43. The number of pyridine rings is 1. The van der Waals surface area contributed by atoms with E-state index in [2.05, 4.69) is 20.9 Å². The van der Waals surface area contributed by atoms with Crippen molar-refractivity contribution in [1.29, 1.82) is 10.5 Å². The van der Waals surface area contributed by atoms with Gasteiger partial charge < -0.3 is 15.8 Å². The minimum absolute atomic E-state index is 0.00113. The number of nitriles is 2. The predicted molar refractivity (Wildman–Crippen MR) is 81.0 cm³/mol. The topological polar surface area (TPSA) is 144 Å². The van der Waals surface area contributed by atoms with Gasteiger partial charge >= 0.3 is 5.97 Å². The third-order valence-electron chi connectivity index (χ3n) is 2.95. The Balaban J connectivity index is 2.98. The zero-order valence-corrected chi connectivity index (χ0v) is 12.4. The highest BCUT2D eigenvalue weighted by atomic mass is 79.9. The molecule has 2 aromatic rings. The Bertz CT molecular complexity index is 935. The molecule has 0 fully saturated rings. The van der Waals surface area contributed by atoms with Crippen molar-refractivity contribution in [1.82, 2.24) is 4.98 Å². The summed E-state index contributed by atoms with van der Waals surface area (Å²) in [5.74, 6) is -1.36. The largest absolute Gasteiger partial charge is 0.478 e. The molecular weight excluding hydrogens is 352 g/mol. The fourth-order valence-corrected chi connectivity index (χ4v) is 2.41. The van der Waals surface area contributed by atoms with Crippen LogP contribution in [0.1, 0.15) is 21.5 Å². The second kappa shape index (κ2) is 5.72. The van der Waals surface area contributed by atoms with Gasteiger partial charge in [-0.2, -0.15) is 10.5 Å². The van der Waals surface area contributed by atoms with E-state index in [1.165, 1.54) is 18.2 Å². The molecule has 0 atom stereocenters. The summed E-state index contributed by atoms with van der Waals surface area (Å²) in [5, 5.41) is 27.5. The molecule has 0 saturated carbocycles. The standard InChI is InChI=1S/C14H7BrN4O3/c15-10-2-1-6(14(21)22)3-7(10)11-8(4-16)12(18)19-13(20)9(11)5-17/h1-3H,(H,21,22)(H3,18,19,20). The molecule has 1 aromatic heterocycles. The summed E-state index contributed by atoms with van der Waals surface area (Å²) in [4.78, 5) is 25.2. The van der Waals surface area contributed by atoms with Gasteiger partial charge in [0.05, 0.1) is 5.56 Å². The average Bonchev–Trinajstić information content (AvgIpc) is 2.47. The van der Waals surface area contributed by atoms with Crippen molar-refractivity contribution in [3.8, 4) is 23.3 Å². The van der Waals surface area contributed by atoms with E-state index >= 15 is 0 Å². The summed E-state index contributed by atoms with van der Waals surface area (Å²) >= 11 is 3.23. The number of hydrogen-bond donors (Lipinski definition) is 3. The number of nitrogens with zero attached hydrogens (tertiary/aromatic N) is 2. The number of carbonyl (C=O) groups is 1. The summed E-state index contributed by atoms with van der Waals surface area (Å²) in [6.45, 7) is 0. The van der Waals surface area contributed by atoms with Crippen LogP contribution in [0.15, 0.2) is 27.5 Å². The number of carboxylic acid groups (broad SMARTS) is 1. The van der Waals surface area contributed by atoms with Gasteiger partial charge in [0.15, 0.2) is 0 Å². The normalized spacial score (nSPS) is 9.77. The molecule has 0 unspecified atom stereocenters. The van der Waals surface area contributed by atoms with Crippen molar-refractivity contribution in [2.24, 2.45) is 0 Å². The van der Waals surface area contributed by atoms with Crippen molar-refractivity contribution in [3.05, 3.63) is 49.7 Å². The monoisotopic (exact) mass is 358 g/mol. The Kier molecular flexibility index (Phi) is 3.97. The lowest BCUT2D eigenvalue weighted by Gasteiger charge is -2.11. The van der Waals surface area contributed by atoms with Crippen molar-refractivity contribution in [2.75, 3.05) is 5.73 Å². The second-order valence-corrected chi connectivity index (χ2v) is 5.07. The Hall–Kier alpha value is -3.10. The number of benzene rings is 1. The van der Waals surface area contributed by atoms with E-state index in [-0.39, 0.29) is 33.6 Å². The number of carboxylic acids is 1. The molecule has 7 nitrogen and oxygen atoms in total. The molecule has 22 heavy (non-hydrogen) atoms. The summed E-state index contributed by atoms with van der Waals surface area (Å²) in [6.07, 6.45) is 0. The van der Waals surface area contributed by atoms with Crippen LogP contribution in [0, 0.1) is 22.7 Å². The van der Waals surface area contributed by atoms with Crippen LogP contribution in [0.4, 0.5) is 5.82 Å². The molecule has 8 heteroatoms. The van der Waals surface area contributed by atoms with Crippen molar-refractivity contribution in [2.45, 2.75) is 0 Å². The molecule has 0 radical (unpaired) electrons. The quantitative estimate of drug-likeness (QED) is 0.746. The first kappa shape index (κ1) is 15.3. The molecule has 0 saturated heterocycles. The van der Waals surface area contributed by atoms with Gasteiger partial charge in [-0.15, -0.1) is 0 Å². The third-order valence-corrected chi connectivity index (χ3v) is 3.64. The van der Waals surface area contributed by atoms with E-state index in [0.29, 0.717) is 4.47 Å². The molecular formula is C14H7BrN4O3. The highest BCUT2D eigenvalue weighted by Gasteiger charge is 2.21. The van der Waals surface area contributed by atoms with Crippen LogP contribution in [-0.4, -0.2) is 16.1 Å². The number of nitrogens with one attached hydrogen (secondary N) is 1. The lowest BCUT2D eigenvalue weighted by molar-refractivity contribution is 0.0697. The molecule has 0 aliphatic carbocycles. The van der Waals surface area contributed by atoms with Crippen molar-refractivity contribution in [3.63, 3.8) is 0 Å². The summed E-state index contributed by atoms with van der Waals surface area (Å²) in [5.41, 5.74) is 4.64. The number of aromatic amines is 1. The summed E-state index contributed by atoms with van der Waals surface area (Å²) in [7, 11) is 0. The molecule has 0 aliphatic rings. The lowest BCUT2D eigenvalue weighted by Crippen LogP contribution is -2.16. The van der Waals surface area contributed by atoms with Crippen LogP contribution in [0.25, 0.3) is 11.1 Å². The summed E-state index contributed by atoms with van der Waals surface area (Å²) in [6, 6.07) is 7.62. The maximum absolute atomic E-state index is 11.9. The lowest BCUT2D eigenvalue weighted by atomic mass is 9.95. The SMILES string of the molecule is N#Cc1c(N)[nH]c(=O)c(C#N)c1-c1cc(C(=O)O)ccc1Br. The molecule has 0 bridgehead atoms. The number of anilines is 1. The van der Waals surface area contributed by atoms with E-state index < -0.39 is 11.5 Å². The molecule has 0 amide bonds. The summed E-state index contributed by atoms with van der Waals surface area (Å²) < 4.78 is 0.426. The molecule has 1 heterocycles. The zero-order valence-electron chi connectivity index (χ0n) is 10.8. The molecule has 0 spiro atoms. The van der Waals surface area contributed by atoms with Crippen LogP contribution in [0.3, 0.4) is 0 Å². The van der Waals surface area contributed by atoms with Crippen LogP contribution in [0.5, 0.6) is 0 Å². The van der Waals surface area contributed by atoms with Gasteiger partial charge in [0.2, 0.25) is 0 Å². The second-order valence-electron chi connectivity index (χ2n) is 4.22. The minimum Gasteiger partial charge on any atom is -0.478 e. The number of nitrogen functional groups attached to an aromatic ring is 1. The smallest absolute Gasteiger partial charge is 0.335 e. The van der Waals surface area contributed by atoms with Gasteiger partial charge in [-0.25, -0.2) is 4.79 Å². The predicted octanol–water partition coefficient (Wildman–Crippen LogP) is 1.83. The van der Waals surface area contributed by atoms with E-state index in [0.717, 1.165) is 0 Å². The first-order chi connectivity index (χ1) is 10.4. The molecule has 1 aromatic carbocycles. The Labute approximate surface area is 132 Å². The van der Waals surface area contributed by atoms with Crippen LogP contribution in [-0.2, 0) is 0 Å². The fourth-order valence-electron chi connectivity index (χ4n) is 1.96.